The highest BCUT2D eigenvalue weighted by Crippen LogP contribution is 2.40. The second-order valence-electron chi connectivity index (χ2n) is 5.57. The van der Waals surface area contributed by atoms with Gasteiger partial charge in [-0.3, -0.25) is 4.79 Å². The highest BCUT2D eigenvalue weighted by atomic mass is 32.1. The van der Waals surface area contributed by atoms with Gasteiger partial charge in [0.05, 0.1) is 12.7 Å². The van der Waals surface area contributed by atoms with Crippen LogP contribution in [0.15, 0.2) is 24.3 Å². The second kappa shape index (κ2) is 7.04. The van der Waals surface area contributed by atoms with E-state index in [1.54, 1.807) is 7.11 Å². The molecular weight excluding hydrogens is 324 g/mol. The molecule has 1 unspecified atom stereocenters. The molecule has 6 heteroatoms. The molecule has 1 N–H and O–H groups in total. The number of rotatable bonds is 4. The Hall–Kier alpha value is -2.36. The largest absolute Gasteiger partial charge is 0.497 e. The maximum Gasteiger partial charge on any atom is 0.254 e. The van der Waals surface area contributed by atoms with E-state index in [2.05, 4.69) is 11.4 Å². The number of carbonyl (C=O) groups is 1. The van der Waals surface area contributed by atoms with Gasteiger partial charge in [-0.05, 0) is 37.5 Å². The van der Waals surface area contributed by atoms with Gasteiger partial charge in [0.2, 0.25) is 0 Å². The standard InChI is InChI=1S/C18H18N2O3S/c1-11-16(12-5-7-13(22-2)8-6-12)14(10-19)18(24-11)20-17(21)15-4-3-9-23-15/h5-8,15H,3-4,9H2,1-2H3,(H,20,21). The zero-order valence-electron chi connectivity index (χ0n) is 13.6. The molecular formula is C18H18N2O3S. The predicted molar refractivity (Wildman–Crippen MR) is 93.4 cm³/mol. The molecule has 1 aromatic heterocycles. The summed E-state index contributed by atoms with van der Waals surface area (Å²) < 4.78 is 10.6. The Labute approximate surface area is 144 Å². The van der Waals surface area contributed by atoms with Gasteiger partial charge in [-0.25, -0.2) is 0 Å². The number of anilines is 1. The molecule has 0 spiro atoms. The maximum atomic E-state index is 12.3. The van der Waals surface area contributed by atoms with Crippen LogP contribution in [-0.2, 0) is 9.53 Å². The van der Waals surface area contributed by atoms with E-state index in [4.69, 9.17) is 9.47 Å². The molecule has 1 fully saturated rings. The minimum Gasteiger partial charge on any atom is -0.497 e. The summed E-state index contributed by atoms with van der Waals surface area (Å²) in [6, 6.07) is 9.78. The van der Waals surface area contributed by atoms with Crippen LogP contribution in [0.3, 0.4) is 0 Å². The Morgan fingerprint density at radius 2 is 2.17 bits per heavy atom. The van der Waals surface area contributed by atoms with Gasteiger partial charge in [0.1, 0.15) is 22.9 Å². The number of nitriles is 1. The van der Waals surface area contributed by atoms with Gasteiger partial charge < -0.3 is 14.8 Å². The lowest BCUT2D eigenvalue weighted by Crippen LogP contribution is -2.26. The molecule has 1 atom stereocenters. The fourth-order valence-corrected chi connectivity index (χ4v) is 3.85. The Morgan fingerprint density at radius 3 is 2.75 bits per heavy atom. The summed E-state index contributed by atoms with van der Waals surface area (Å²) in [7, 11) is 1.62. The normalized spacial score (nSPS) is 16.6. The lowest BCUT2D eigenvalue weighted by Gasteiger charge is -2.09. The van der Waals surface area contributed by atoms with Gasteiger partial charge >= 0.3 is 0 Å². The number of ether oxygens (including phenoxy) is 2. The first-order chi connectivity index (χ1) is 11.6. The average Bonchev–Trinajstić information content (AvgIpc) is 3.23. The van der Waals surface area contributed by atoms with Crippen LogP contribution in [0.4, 0.5) is 5.00 Å². The molecule has 1 saturated heterocycles. The number of nitrogens with zero attached hydrogens (tertiary/aromatic N) is 1. The number of thiophene rings is 1. The number of hydrogen-bond acceptors (Lipinski definition) is 5. The number of hydrogen-bond donors (Lipinski definition) is 1. The van der Waals surface area contributed by atoms with Crippen molar-refractivity contribution in [3.8, 4) is 22.9 Å². The van der Waals surface area contributed by atoms with Gasteiger partial charge in [-0.1, -0.05) is 12.1 Å². The minimum atomic E-state index is -0.414. The lowest BCUT2D eigenvalue weighted by molar-refractivity contribution is -0.124. The van der Waals surface area contributed by atoms with Crippen LogP contribution in [-0.4, -0.2) is 25.7 Å². The number of carbonyl (C=O) groups excluding carboxylic acids is 1. The van der Waals surface area contributed by atoms with Crippen molar-refractivity contribution in [3.63, 3.8) is 0 Å². The van der Waals surface area contributed by atoms with Gasteiger partial charge in [-0.15, -0.1) is 11.3 Å². The SMILES string of the molecule is COc1ccc(-c2c(C)sc(NC(=O)C3CCCO3)c2C#N)cc1. The zero-order valence-corrected chi connectivity index (χ0v) is 14.4. The van der Waals surface area contributed by atoms with E-state index >= 15 is 0 Å². The first-order valence-electron chi connectivity index (χ1n) is 7.74. The predicted octanol–water partition coefficient (Wildman–Crippen LogP) is 3.72. The fourth-order valence-electron chi connectivity index (χ4n) is 2.82. The third kappa shape index (κ3) is 3.14. The summed E-state index contributed by atoms with van der Waals surface area (Å²) in [5.41, 5.74) is 2.28. The van der Waals surface area contributed by atoms with Crippen molar-refractivity contribution in [3.05, 3.63) is 34.7 Å². The smallest absolute Gasteiger partial charge is 0.254 e. The molecule has 3 rings (SSSR count). The highest BCUT2D eigenvalue weighted by molar-refractivity contribution is 7.17. The van der Waals surface area contributed by atoms with Gasteiger partial charge in [0, 0.05) is 17.0 Å². The first kappa shape index (κ1) is 16.5. The van der Waals surface area contributed by atoms with Gasteiger partial charge in [0.15, 0.2) is 0 Å². The van der Waals surface area contributed by atoms with Crippen molar-refractivity contribution in [2.75, 3.05) is 19.0 Å². The molecule has 1 aliphatic heterocycles. The highest BCUT2D eigenvalue weighted by Gasteiger charge is 2.26. The molecule has 0 aliphatic carbocycles. The first-order valence-corrected chi connectivity index (χ1v) is 8.56. The van der Waals surface area contributed by atoms with Gasteiger partial charge in [0.25, 0.3) is 5.91 Å². The molecule has 2 aromatic rings. The van der Waals surface area contributed by atoms with Crippen LogP contribution in [0.1, 0.15) is 23.3 Å². The number of nitrogens with one attached hydrogen (secondary N) is 1. The number of aryl methyl sites for hydroxylation is 1. The summed E-state index contributed by atoms with van der Waals surface area (Å²) in [5, 5.41) is 13.1. The third-order valence-electron chi connectivity index (χ3n) is 4.03. The molecule has 1 aromatic carbocycles. The second-order valence-corrected chi connectivity index (χ2v) is 6.79. The number of methoxy groups -OCH3 is 1. The van der Waals surface area contributed by atoms with Crippen LogP contribution < -0.4 is 10.1 Å². The molecule has 24 heavy (non-hydrogen) atoms. The lowest BCUT2D eigenvalue weighted by atomic mass is 10.0. The van der Waals surface area contributed by atoms with E-state index in [1.165, 1.54) is 11.3 Å². The monoisotopic (exact) mass is 342 g/mol. The van der Waals surface area contributed by atoms with Crippen molar-refractivity contribution in [2.24, 2.45) is 0 Å². The molecule has 2 heterocycles. The van der Waals surface area contributed by atoms with Crippen LogP contribution in [0.2, 0.25) is 0 Å². The van der Waals surface area contributed by atoms with Crippen molar-refractivity contribution < 1.29 is 14.3 Å². The van der Waals surface area contributed by atoms with E-state index in [1.807, 2.05) is 31.2 Å². The zero-order chi connectivity index (χ0) is 17.1. The van der Waals surface area contributed by atoms with Crippen molar-refractivity contribution >= 4 is 22.2 Å². The summed E-state index contributed by atoms with van der Waals surface area (Å²) in [4.78, 5) is 13.3. The van der Waals surface area contributed by atoms with E-state index in [0.717, 1.165) is 34.6 Å². The molecule has 124 valence electrons. The Balaban J connectivity index is 1.91. The van der Waals surface area contributed by atoms with Crippen molar-refractivity contribution in [1.82, 2.24) is 0 Å². The van der Waals surface area contributed by atoms with Crippen LogP contribution in [0, 0.1) is 18.3 Å². The summed E-state index contributed by atoms with van der Waals surface area (Å²) >= 11 is 1.42. The Kier molecular flexibility index (Phi) is 4.84. The van der Waals surface area contributed by atoms with E-state index < -0.39 is 6.10 Å². The van der Waals surface area contributed by atoms with E-state index in [-0.39, 0.29) is 5.91 Å². The van der Waals surface area contributed by atoms with E-state index in [9.17, 15) is 10.1 Å². The Bertz CT molecular complexity index is 784. The topological polar surface area (TPSA) is 71.3 Å². The molecule has 0 saturated carbocycles. The van der Waals surface area contributed by atoms with Crippen molar-refractivity contribution in [2.45, 2.75) is 25.9 Å². The quantitative estimate of drug-likeness (QED) is 0.919. The Morgan fingerprint density at radius 1 is 1.42 bits per heavy atom. The third-order valence-corrected chi connectivity index (χ3v) is 5.05. The summed E-state index contributed by atoms with van der Waals surface area (Å²) in [5.74, 6) is 0.587. The number of benzene rings is 1. The molecule has 0 bridgehead atoms. The summed E-state index contributed by atoms with van der Waals surface area (Å²) in [6.07, 6.45) is 1.20. The molecule has 5 nitrogen and oxygen atoms in total. The van der Waals surface area contributed by atoms with Crippen LogP contribution >= 0.6 is 11.3 Å². The molecule has 0 radical (unpaired) electrons. The van der Waals surface area contributed by atoms with Crippen molar-refractivity contribution in [1.29, 1.82) is 5.26 Å². The minimum absolute atomic E-state index is 0.175. The average molecular weight is 342 g/mol. The molecule has 1 aliphatic rings. The summed E-state index contributed by atoms with van der Waals surface area (Å²) in [6.45, 7) is 2.57. The van der Waals surface area contributed by atoms with Gasteiger partial charge in [-0.2, -0.15) is 5.26 Å². The maximum absolute atomic E-state index is 12.3. The fraction of sp³-hybridized carbons (Fsp3) is 0.333. The molecule has 1 amide bonds. The van der Waals surface area contributed by atoms with E-state index in [0.29, 0.717) is 17.2 Å². The number of amides is 1. The van der Waals surface area contributed by atoms with Crippen LogP contribution in [0.5, 0.6) is 5.75 Å². The van der Waals surface area contributed by atoms with Crippen LogP contribution in [0.25, 0.3) is 11.1 Å².